The third-order valence-corrected chi connectivity index (χ3v) is 5.50. The van der Waals surface area contributed by atoms with Crippen LogP contribution in [-0.2, 0) is 5.75 Å². The number of fused-ring (bicyclic) bond motifs is 1. The number of hydrogen-bond acceptors (Lipinski definition) is 4. The minimum absolute atomic E-state index is 0.453. The van der Waals surface area contributed by atoms with E-state index in [2.05, 4.69) is 4.57 Å². The Morgan fingerprint density at radius 3 is 2.57 bits per heavy atom. The molecule has 28 heavy (non-hydrogen) atoms. The lowest BCUT2D eigenvalue weighted by atomic mass is 10.2. The monoisotopic (exact) mass is 389 g/mol. The van der Waals surface area contributed by atoms with Crippen LogP contribution in [0.3, 0.4) is 0 Å². The number of rotatable bonds is 6. The van der Waals surface area contributed by atoms with E-state index in [1.807, 2.05) is 60.7 Å². The maximum absolute atomic E-state index is 11.6. The molecular formula is C22H19N3O2S. The van der Waals surface area contributed by atoms with E-state index >= 15 is 0 Å². The summed E-state index contributed by atoms with van der Waals surface area (Å²) in [6.45, 7) is 0. The van der Waals surface area contributed by atoms with Gasteiger partial charge in [0.15, 0.2) is 0 Å². The van der Waals surface area contributed by atoms with Crippen molar-refractivity contribution >= 4 is 28.7 Å². The minimum Gasteiger partial charge on any atom is -0.496 e. The Kier molecular flexibility index (Phi) is 5.04. The van der Waals surface area contributed by atoms with Gasteiger partial charge in [0.2, 0.25) is 5.91 Å². The standard InChI is InChI=1S/C22H19N3O2S/c1-27-19-9-5-6-10-20(19)28-14-21-24-17-13-15(22(23)26)11-12-18(17)25(21)16-7-3-2-4-8-16/h2-13H,14H2,1H3,(H2,23,26). The Balaban J connectivity index is 1.78. The molecule has 0 bridgehead atoms. The van der Waals surface area contributed by atoms with Crippen molar-refractivity contribution in [2.24, 2.45) is 5.73 Å². The van der Waals surface area contributed by atoms with E-state index in [1.165, 1.54) is 0 Å². The molecule has 0 unspecified atom stereocenters. The zero-order chi connectivity index (χ0) is 19.5. The Morgan fingerprint density at radius 1 is 1.07 bits per heavy atom. The second-order valence-electron chi connectivity index (χ2n) is 6.21. The third kappa shape index (κ3) is 3.46. The number of aromatic nitrogens is 2. The van der Waals surface area contributed by atoms with Gasteiger partial charge in [0.05, 0.1) is 23.9 Å². The number of thioether (sulfide) groups is 1. The number of carbonyl (C=O) groups is 1. The number of nitrogens with two attached hydrogens (primary N) is 1. The molecule has 4 rings (SSSR count). The van der Waals surface area contributed by atoms with Gasteiger partial charge in [-0.3, -0.25) is 9.36 Å². The lowest BCUT2D eigenvalue weighted by Crippen LogP contribution is -2.10. The highest BCUT2D eigenvalue weighted by molar-refractivity contribution is 7.98. The Bertz CT molecular complexity index is 1140. The van der Waals surface area contributed by atoms with Gasteiger partial charge < -0.3 is 10.5 Å². The summed E-state index contributed by atoms with van der Waals surface area (Å²) < 4.78 is 7.56. The zero-order valence-electron chi connectivity index (χ0n) is 15.3. The van der Waals surface area contributed by atoms with E-state index in [0.717, 1.165) is 33.2 Å². The van der Waals surface area contributed by atoms with Gasteiger partial charge in [-0.2, -0.15) is 0 Å². The van der Waals surface area contributed by atoms with E-state index in [0.29, 0.717) is 11.3 Å². The van der Waals surface area contributed by atoms with Crippen molar-refractivity contribution in [2.45, 2.75) is 10.6 Å². The highest BCUT2D eigenvalue weighted by atomic mass is 32.2. The first-order valence-electron chi connectivity index (χ1n) is 8.80. The van der Waals surface area contributed by atoms with Gasteiger partial charge in [0.25, 0.3) is 0 Å². The largest absolute Gasteiger partial charge is 0.496 e. The Labute approximate surface area is 167 Å². The van der Waals surface area contributed by atoms with Gasteiger partial charge in [0, 0.05) is 16.1 Å². The van der Waals surface area contributed by atoms with Crippen molar-refractivity contribution in [1.82, 2.24) is 9.55 Å². The molecule has 0 aliphatic rings. The fourth-order valence-electron chi connectivity index (χ4n) is 3.13. The van der Waals surface area contributed by atoms with Crippen molar-refractivity contribution in [2.75, 3.05) is 7.11 Å². The predicted molar refractivity (Wildman–Crippen MR) is 112 cm³/mol. The summed E-state index contributed by atoms with van der Waals surface area (Å²) in [6.07, 6.45) is 0. The molecule has 140 valence electrons. The molecule has 0 radical (unpaired) electrons. The number of carbonyl (C=O) groups excluding carboxylic acids is 1. The van der Waals surface area contributed by atoms with Crippen LogP contribution in [0.4, 0.5) is 0 Å². The fraction of sp³-hybridized carbons (Fsp3) is 0.0909. The van der Waals surface area contributed by atoms with Crippen molar-refractivity contribution in [3.05, 3.63) is 84.2 Å². The lowest BCUT2D eigenvalue weighted by Gasteiger charge is -2.11. The van der Waals surface area contributed by atoms with Gasteiger partial charge in [-0.15, -0.1) is 11.8 Å². The summed E-state index contributed by atoms with van der Waals surface area (Å²) in [5.41, 5.74) is 8.59. The molecule has 0 aliphatic heterocycles. The lowest BCUT2D eigenvalue weighted by molar-refractivity contribution is 0.100. The Morgan fingerprint density at radius 2 is 1.82 bits per heavy atom. The van der Waals surface area contributed by atoms with E-state index in [-0.39, 0.29) is 0 Å². The van der Waals surface area contributed by atoms with Crippen LogP contribution in [0.15, 0.2) is 77.7 Å². The van der Waals surface area contributed by atoms with E-state index in [4.69, 9.17) is 15.5 Å². The van der Waals surface area contributed by atoms with Crippen LogP contribution >= 0.6 is 11.8 Å². The first-order chi connectivity index (χ1) is 13.7. The van der Waals surface area contributed by atoms with E-state index in [9.17, 15) is 4.79 Å². The number of hydrogen-bond donors (Lipinski definition) is 1. The SMILES string of the molecule is COc1ccccc1SCc1nc2cc(C(N)=O)ccc2n1-c1ccccc1. The van der Waals surface area contributed by atoms with Crippen LogP contribution in [0.2, 0.25) is 0 Å². The van der Waals surface area contributed by atoms with Gasteiger partial charge in [-0.25, -0.2) is 4.98 Å². The number of para-hydroxylation sites is 2. The highest BCUT2D eigenvalue weighted by Gasteiger charge is 2.15. The fourth-order valence-corrected chi connectivity index (χ4v) is 4.07. The van der Waals surface area contributed by atoms with Crippen LogP contribution in [-0.4, -0.2) is 22.6 Å². The summed E-state index contributed by atoms with van der Waals surface area (Å²) in [5, 5.41) is 0. The topological polar surface area (TPSA) is 70.1 Å². The number of benzene rings is 3. The summed E-state index contributed by atoms with van der Waals surface area (Å²) in [7, 11) is 1.67. The van der Waals surface area contributed by atoms with Gasteiger partial charge in [0.1, 0.15) is 11.6 Å². The number of primary amides is 1. The van der Waals surface area contributed by atoms with Crippen LogP contribution in [0.5, 0.6) is 5.75 Å². The predicted octanol–water partition coefficient (Wildman–Crippen LogP) is 4.43. The van der Waals surface area contributed by atoms with Crippen molar-refractivity contribution < 1.29 is 9.53 Å². The zero-order valence-corrected chi connectivity index (χ0v) is 16.1. The average Bonchev–Trinajstić information content (AvgIpc) is 3.10. The summed E-state index contributed by atoms with van der Waals surface area (Å²) >= 11 is 1.66. The molecule has 0 atom stereocenters. The molecule has 1 heterocycles. The molecule has 5 nitrogen and oxygen atoms in total. The minimum atomic E-state index is -0.457. The second kappa shape index (κ2) is 7.78. The molecule has 2 N–H and O–H groups in total. The number of amides is 1. The molecule has 0 saturated heterocycles. The first kappa shape index (κ1) is 18.1. The normalized spacial score (nSPS) is 10.9. The molecule has 3 aromatic carbocycles. The summed E-state index contributed by atoms with van der Waals surface area (Å²) in [6, 6.07) is 23.4. The quantitative estimate of drug-likeness (QED) is 0.496. The first-order valence-corrected chi connectivity index (χ1v) is 9.78. The van der Waals surface area contributed by atoms with E-state index in [1.54, 1.807) is 31.0 Å². The molecule has 0 spiro atoms. The summed E-state index contributed by atoms with van der Waals surface area (Å²) in [4.78, 5) is 17.4. The van der Waals surface area contributed by atoms with Crippen molar-refractivity contribution in [3.8, 4) is 11.4 Å². The van der Waals surface area contributed by atoms with Crippen LogP contribution < -0.4 is 10.5 Å². The van der Waals surface area contributed by atoms with Crippen molar-refractivity contribution in [1.29, 1.82) is 0 Å². The van der Waals surface area contributed by atoms with Gasteiger partial charge in [-0.05, 0) is 42.5 Å². The molecule has 1 aromatic heterocycles. The van der Waals surface area contributed by atoms with Crippen LogP contribution in [0.1, 0.15) is 16.2 Å². The molecule has 6 heteroatoms. The number of ether oxygens (including phenoxy) is 1. The molecule has 0 fully saturated rings. The Hall–Kier alpha value is -3.25. The highest BCUT2D eigenvalue weighted by Crippen LogP contribution is 2.33. The van der Waals surface area contributed by atoms with Gasteiger partial charge in [-0.1, -0.05) is 30.3 Å². The maximum Gasteiger partial charge on any atom is 0.248 e. The molecule has 0 saturated carbocycles. The smallest absolute Gasteiger partial charge is 0.248 e. The summed E-state index contributed by atoms with van der Waals surface area (Å²) in [5.74, 6) is 1.92. The number of imidazole rings is 1. The number of methoxy groups -OCH3 is 1. The maximum atomic E-state index is 11.6. The second-order valence-corrected chi connectivity index (χ2v) is 7.22. The van der Waals surface area contributed by atoms with Crippen molar-refractivity contribution in [3.63, 3.8) is 0 Å². The third-order valence-electron chi connectivity index (χ3n) is 4.45. The van der Waals surface area contributed by atoms with E-state index < -0.39 is 5.91 Å². The number of nitrogens with zero attached hydrogens (tertiary/aromatic N) is 2. The van der Waals surface area contributed by atoms with Gasteiger partial charge >= 0.3 is 0 Å². The molecule has 4 aromatic rings. The molecule has 0 aliphatic carbocycles. The van der Waals surface area contributed by atoms with Crippen LogP contribution in [0, 0.1) is 0 Å². The average molecular weight is 389 g/mol. The molecular weight excluding hydrogens is 370 g/mol. The molecule has 1 amide bonds. The van der Waals surface area contributed by atoms with Crippen LogP contribution in [0.25, 0.3) is 16.7 Å².